The van der Waals surface area contributed by atoms with Gasteiger partial charge < -0.3 is 23.5 Å². The van der Waals surface area contributed by atoms with E-state index in [1.54, 1.807) is 36.3 Å². The average Bonchev–Trinajstić information content (AvgIpc) is 3.30. The summed E-state index contributed by atoms with van der Waals surface area (Å²) in [6, 6.07) is 24.4. The molecule has 4 aromatic rings. The number of benzene rings is 3. The molecule has 0 saturated heterocycles. The molecule has 4 rings (SSSR count). The number of amides is 1. The van der Waals surface area contributed by atoms with Crippen LogP contribution in [0.5, 0.6) is 17.2 Å². The third-order valence-electron chi connectivity index (χ3n) is 6.17. The lowest BCUT2D eigenvalue weighted by Gasteiger charge is -2.27. The van der Waals surface area contributed by atoms with Crippen LogP contribution in [0.2, 0.25) is 0 Å². The third kappa shape index (κ3) is 6.50. The highest BCUT2D eigenvalue weighted by Gasteiger charge is 2.22. The number of carbonyl (C=O) groups excluding carboxylic acids is 1. The fourth-order valence-corrected chi connectivity index (χ4v) is 4.04. The zero-order valence-corrected chi connectivity index (χ0v) is 21.6. The second-order valence-corrected chi connectivity index (χ2v) is 8.56. The number of aromatic nitrogens is 1. The van der Waals surface area contributed by atoms with E-state index >= 15 is 0 Å². The minimum absolute atomic E-state index is 0.203. The van der Waals surface area contributed by atoms with E-state index in [9.17, 15) is 4.79 Å². The maximum absolute atomic E-state index is 12.9. The lowest BCUT2D eigenvalue weighted by molar-refractivity contribution is 0.138. The molecule has 0 aliphatic carbocycles. The molecule has 7 heteroatoms. The molecule has 0 aliphatic rings. The molecule has 0 saturated carbocycles. The highest BCUT2D eigenvalue weighted by atomic mass is 16.6. The lowest BCUT2D eigenvalue weighted by atomic mass is 10.1. The van der Waals surface area contributed by atoms with Crippen LogP contribution in [0.4, 0.5) is 4.79 Å². The van der Waals surface area contributed by atoms with Crippen LogP contribution in [0, 0.1) is 6.92 Å². The summed E-state index contributed by atoms with van der Waals surface area (Å²) in [5.41, 5.74) is 2.78. The molecule has 1 aromatic heterocycles. The van der Waals surface area contributed by atoms with E-state index in [1.807, 2.05) is 75.4 Å². The van der Waals surface area contributed by atoms with Crippen LogP contribution in [0.3, 0.4) is 0 Å². The number of methoxy groups -OCH3 is 1. The summed E-state index contributed by atoms with van der Waals surface area (Å²) in [7, 11) is 1.59. The summed E-state index contributed by atoms with van der Waals surface area (Å²) in [5.74, 6) is 3.30. The van der Waals surface area contributed by atoms with Gasteiger partial charge in [0.05, 0.1) is 25.5 Å². The number of hydrogen-bond acceptors (Lipinski definition) is 6. The first-order valence-electron chi connectivity index (χ1n) is 12.4. The smallest absolute Gasteiger partial charge is 0.415 e. The molecular formula is C30H32N2O5. The first-order valence-corrected chi connectivity index (χ1v) is 12.4. The van der Waals surface area contributed by atoms with E-state index in [0.717, 1.165) is 28.3 Å². The molecule has 7 nitrogen and oxygen atoms in total. The van der Waals surface area contributed by atoms with Crippen molar-refractivity contribution in [1.82, 2.24) is 9.88 Å². The van der Waals surface area contributed by atoms with Gasteiger partial charge in [0.1, 0.15) is 23.0 Å². The number of hydrogen-bond donors (Lipinski definition) is 0. The van der Waals surface area contributed by atoms with E-state index in [4.69, 9.17) is 18.6 Å². The van der Waals surface area contributed by atoms with Gasteiger partial charge in [0.2, 0.25) is 5.89 Å². The minimum Gasteiger partial charge on any atom is -0.497 e. The van der Waals surface area contributed by atoms with Gasteiger partial charge in [-0.3, -0.25) is 0 Å². The Morgan fingerprint density at radius 2 is 1.70 bits per heavy atom. The second kappa shape index (κ2) is 12.1. The van der Waals surface area contributed by atoms with Gasteiger partial charge in [-0.25, -0.2) is 9.78 Å². The Labute approximate surface area is 217 Å². The molecule has 37 heavy (non-hydrogen) atoms. The molecule has 0 N–H and O–H groups in total. The fraction of sp³-hybridized carbons (Fsp3) is 0.267. The molecule has 0 spiro atoms. The standard InChI is InChI=1S/C30H32N2O5/c1-5-32(30(33)37-26-16-14-25(34-4)15-17-26)21(2)24-12-9-13-27(20-24)35-19-18-28-22(3)36-29(31-28)23-10-7-6-8-11-23/h6-17,20-21H,5,18-19H2,1-4H3. The average molecular weight is 501 g/mol. The van der Waals surface area contributed by atoms with Gasteiger partial charge in [-0.1, -0.05) is 30.3 Å². The molecule has 0 radical (unpaired) electrons. The molecule has 3 aromatic carbocycles. The van der Waals surface area contributed by atoms with Gasteiger partial charge in [0, 0.05) is 18.5 Å². The number of aryl methyl sites for hydroxylation is 1. The monoisotopic (exact) mass is 500 g/mol. The summed E-state index contributed by atoms with van der Waals surface area (Å²) in [6.45, 7) is 6.77. The van der Waals surface area contributed by atoms with Crippen LogP contribution >= 0.6 is 0 Å². The van der Waals surface area contributed by atoms with E-state index in [0.29, 0.717) is 37.0 Å². The molecular weight excluding hydrogens is 468 g/mol. The minimum atomic E-state index is -0.415. The molecule has 1 unspecified atom stereocenters. The van der Waals surface area contributed by atoms with Gasteiger partial charge >= 0.3 is 6.09 Å². The quantitative estimate of drug-likeness (QED) is 0.237. The van der Waals surface area contributed by atoms with Crippen LogP contribution in [-0.4, -0.2) is 36.2 Å². The van der Waals surface area contributed by atoms with Crippen molar-refractivity contribution < 1.29 is 23.4 Å². The van der Waals surface area contributed by atoms with Gasteiger partial charge in [-0.2, -0.15) is 0 Å². The van der Waals surface area contributed by atoms with E-state index in [2.05, 4.69) is 4.98 Å². The number of carbonyl (C=O) groups is 1. The van der Waals surface area contributed by atoms with Crippen LogP contribution < -0.4 is 14.2 Å². The summed E-state index contributed by atoms with van der Waals surface area (Å²) < 4.78 is 22.6. The van der Waals surface area contributed by atoms with Crippen molar-refractivity contribution in [3.8, 4) is 28.7 Å². The van der Waals surface area contributed by atoms with Crippen molar-refractivity contribution in [3.05, 3.63) is 95.9 Å². The fourth-order valence-electron chi connectivity index (χ4n) is 4.04. The Balaban J connectivity index is 1.36. The van der Waals surface area contributed by atoms with Crippen LogP contribution in [0.15, 0.2) is 83.3 Å². The second-order valence-electron chi connectivity index (χ2n) is 8.56. The normalized spacial score (nSPS) is 11.6. The molecule has 192 valence electrons. The number of nitrogens with zero attached hydrogens (tertiary/aromatic N) is 2. The van der Waals surface area contributed by atoms with Crippen LogP contribution in [0.1, 0.15) is 36.9 Å². The van der Waals surface area contributed by atoms with E-state index < -0.39 is 6.09 Å². The summed E-state index contributed by atoms with van der Waals surface area (Å²) in [5, 5.41) is 0. The zero-order valence-electron chi connectivity index (χ0n) is 21.6. The molecule has 1 amide bonds. The Morgan fingerprint density at radius 1 is 0.973 bits per heavy atom. The van der Waals surface area contributed by atoms with Crippen molar-refractivity contribution >= 4 is 6.09 Å². The van der Waals surface area contributed by atoms with Gasteiger partial charge in [-0.15, -0.1) is 0 Å². The Hall–Kier alpha value is -4.26. The summed E-state index contributed by atoms with van der Waals surface area (Å²) in [4.78, 5) is 19.2. The highest BCUT2D eigenvalue weighted by Crippen LogP contribution is 2.26. The Morgan fingerprint density at radius 3 is 2.41 bits per heavy atom. The van der Waals surface area contributed by atoms with Crippen LogP contribution in [0.25, 0.3) is 11.5 Å². The maximum atomic E-state index is 12.9. The van der Waals surface area contributed by atoms with Gasteiger partial charge in [0.25, 0.3) is 0 Å². The van der Waals surface area contributed by atoms with Gasteiger partial charge in [-0.05, 0) is 74.9 Å². The molecule has 1 heterocycles. The first kappa shape index (κ1) is 25.8. The van der Waals surface area contributed by atoms with Crippen molar-refractivity contribution in [2.45, 2.75) is 33.2 Å². The molecule has 0 bridgehead atoms. The largest absolute Gasteiger partial charge is 0.497 e. The summed E-state index contributed by atoms with van der Waals surface area (Å²) in [6.07, 6.45) is 0.208. The van der Waals surface area contributed by atoms with Crippen molar-refractivity contribution in [2.75, 3.05) is 20.3 Å². The SMILES string of the molecule is CCN(C(=O)Oc1ccc(OC)cc1)C(C)c1cccc(OCCc2nc(-c3ccccc3)oc2C)c1. The van der Waals surface area contributed by atoms with Gasteiger partial charge in [0.15, 0.2) is 0 Å². The number of ether oxygens (including phenoxy) is 3. The molecule has 1 atom stereocenters. The van der Waals surface area contributed by atoms with Crippen molar-refractivity contribution in [3.63, 3.8) is 0 Å². The third-order valence-corrected chi connectivity index (χ3v) is 6.17. The molecule has 0 fully saturated rings. The number of rotatable bonds is 10. The molecule has 0 aliphatic heterocycles. The lowest BCUT2D eigenvalue weighted by Crippen LogP contribution is -2.35. The Kier molecular flexibility index (Phi) is 8.46. The van der Waals surface area contributed by atoms with E-state index in [-0.39, 0.29) is 6.04 Å². The first-order chi connectivity index (χ1) is 18.0. The van der Waals surface area contributed by atoms with Crippen LogP contribution in [-0.2, 0) is 6.42 Å². The van der Waals surface area contributed by atoms with Crippen molar-refractivity contribution in [1.29, 1.82) is 0 Å². The highest BCUT2D eigenvalue weighted by molar-refractivity contribution is 5.71. The zero-order chi connectivity index (χ0) is 26.2. The predicted molar refractivity (Wildman–Crippen MR) is 142 cm³/mol. The van der Waals surface area contributed by atoms with E-state index in [1.165, 1.54) is 0 Å². The predicted octanol–water partition coefficient (Wildman–Crippen LogP) is 6.86. The number of oxazole rings is 1. The Bertz CT molecular complexity index is 1300. The van der Waals surface area contributed by atoms with Crippen molar-refractivity contribution in [2.24, 2.45) is 0 Å². The maximum Gasteiger partial charge on any atom is 0.415 e. The topological polar surface area (TPSA) is 74.0 Å². The summed E-state index contributed by atoms with van der Waals surface area (Å²) >= 11 is 0.